The Kier molecular flexibility index (Phi) is 5.11. The van der Waals surface area contributed by atoms with E-state index in [1.165, 1.54) is 0 Å². The minimum atomic E-state index is -0.660. The summed E-state index contributed by atoms with van der Waals surface area (Å²) in [4.78, 5) is 25.3. The molecule has 6 heteroatoms. The lowest BCUT2D eigenvalue weighted by molar-refractivity contribution is -0.118. The number of hydrogen-bond donors (Lipinski definition) is 2. The Morgan fingerprint density at radius 2 is 1.77 bits per heavy atom. The van der Waals surface area contributed by atoms with Crippen LogP contribution in [0.4, 0.5) is 5.69 Å². The second-order valence-corrected chi connectivity index (χ2v) is 6.57. The Bertz CT molecular complexity index is 832. The van der Waals surface area contributed by atoms with Crippen molar-refractivity contribution in [2.75, 3.05) is 12.1 Å². The molecule has 0 saturated heterocycles. The predicted molar refractivity (Wildman–Crippen MR) is 98.5 cm³/mol. The first kappa shape index (κ1) is 17.8. The third-order valence-electron chi connectivity index (χ3n) is 4.27. The van der Waals surface area contributed by atoms with Gasteiger partial charge in [-0.05, 0) is 36.6 Å². The molecule has 0 fully saturated rings. The highest BCUT2D eigenvalue weighted by Gasteiger charge is 2.26. The number of amides is 2. The highest BCUT2D eigenvalue weighted by molar-refractivity contribution is 6.02. The van der Waals surface area contributed by atoms with Gasteiger partial charge >= 0.3 is 0 Å². The van der Waals surface area contributed by atoms with E-state index in [1.807, 2.05) is 32.9 Å². The summed E-state index contributed by atoms with van der Waals surface area (Å²) in [6.45, 7) is 5.82. The van der Waals surface area contributed by atoms with Gasteiger partial charge in [-0.15, -0.1) is 0 Å². The lowest BCUT2D eigenvalue weighted by atomic mass is 10.0. The molecule has 2 amide bonds. The molecule has 6 nitrogen and oxygen atoms in total. The minimum absolute atomic E-state index is 0.0722. The van der Waals surface area contributed by atoms with Gasteiger partial charge in [-0.3, -0.25) is 9.59 Å². The van der Waals surface area contributed by atoms with E-state index in [0.717, 1.165) is 5.56 Å². The van der Waals surface area contributed by atoms with Gasteiger partial charge in [-0.2, -0.15) is 0 Å². The van der Waals surface area contributed by atoms with Crippen LogP contribution in [0, 0.1) is 12.8 Å². The summed E-state index contributed by atoms with van der Waals surface area (Å²) in [5.41, 5.74) is 2.02. The summed E-state index contributed by atoms with van der Waals surface area (Å²) < 4.78 is 10.6. The summed E-state index contributed by atoms with van der Waals surface area (Å²) in [6.07, 6.45) is 0. The van der Waals surface area contributed by atoms with Crippen molar-refractivity contribution in [3.05, 3.63) is 53.6 Å². The maximum absolute atomic E-state index is 12.7. The van der Waals surface area contributed by atoms with Gasteiger partial charge < -0.3 is 20.1 Å². The molecule has 0 aliphatic carbocycles. The normalized spacial score (nSPS) is 13.4. The quantitative estimate of drug-likeness (QED) is 0.865. The van der Waals surface area contributed by atoms with Crippen molar-refractivity contribution in [3.8, 4) is 11.5 Å². The molecule has 3 rings (SSSR count). The van der Waals surface area contributed by atoms with Crippen molar-refractivity contribution in [2.24, 2.45) is 5.92 Å². The summed E-state index contributed by atoms with van der Waals surface area (Å²) in [7, 11) is 0. The number of anilines is 1. The number of hydrogen-bond acceptors (Lipinski definition) is 4. The fraction of sp³-hybridized carbons (Fsp3) is 0.300. The molecule has 1 aliphatic rings. The largest absolute Gasteiger partial charge is 0.454 e. The summed E-state index contributed by atoms with van der Waals surface area (Å²) in [5, 5.41) is 5.67. The Morgan fingerprint density at radius 1 is 1.04 bits per heavy atom. The fourth-order valence-corrected chi connectivity index (χ4v) is 2.78. The summed E-state index contributed by atoms with van der Waals surface area (Å²) >= 11 is 0. The Hall–Kier alpha value is -3.02. The third kappa shape index (κ3) is 3.79. The molecule has 0 saturated carbocycles. The highest BCUT2D eigenvalue weighted by atomic mass is 16.7. The summed E-state index contributed by atoms with van der Waals surface area (Å²) in [6, 6.07) is 11.8. The minimum Gasteiger partial charge on any atom is -0.454 e. The van der Waals surface area contributed by atoms with Gasteiger partial charge in [-0.25, -0.2) is 0 Å². The van der Waals surface area contributed by atoms with E-state index >= 15 is 0 Å². The molecule has 26 heavy (non-hydrogen) atoms. The predicted octanol–water partition coefficient (Wildman–Crippen LogP) is 3.12. The summed E-state index contributed by atoms with van der Waals surface area (Å²) in [5.74, 6) is 0.629. The molecule has 0 spiro atoms. The molecule has 0 aromatic heterocycles. The zero-order valence-corrected chi connectivity index (χ0v) is 15.0. The van der Waals surface area contributed by atoms with Crippen molar-refractivity contribution in [3.63, 3.8) is 0 Å². The van der Waals surface area contributed by atoms with Crippen molar-refractivity contribution < 1.29 is 19.1 Å². The molecule has 0 radical (unpaired) electrons. The standard InChI is InChI=1S/C20H22N2O4/c1-12(2)18(22-19(23)15-7-5-4-6-13(15)3)20(24)21-14-8-9-16-17(10-14)26-11-25-16/h4-10,12,18H,11H2,1-3H3,(H,21,24)(H,22,23). The number of fused-ring (bicyclic) bond motifs is 1. The number of benzene rings is 2. The number of carbonyl (C=O) groups excluding carboxylic acids is 2. The van der Waals surface area contributed by atoms with Gasteiger partial charge in [0.2, 0.25) is 12.7 Å². The number of nitrogens with one attached hydrogen (secondary N) is 2. The zero-order valence-electron chi connectivity index (χ0n) is 15.0. The Labute approximate surface area is 152 Å². The van der Waals surface area contributed by atoms with Crippen molar-refractivity contribution >= 4 is 17.5 Å². The van der Waals surface area contributed by atoms with Gasteiger partial charge in [-0.1, -0.05) is 32.0 Å². The van der Waals surface area contributed by atoms with E-state index in [2.05, 4.69) is 10.6 Å². The first-order valence-corrected chi connectivity index (χ1v) is 8.52. The molecule has 1 unspecified atom stereocenters. The van der Waals surface area contributed by atoms with Gasteiger partial charge in [0.1, 0.15) is 6.04 Å². The highest BCUT2D eigenvalue weighted by Crippen LogP contribution is 2.34. The lowest BCUT2D eigenvalue weighted by Gasteiger charge is -2.22. The molecule has 0 bridgehead atoms. The first-order chi connectivity index (χ1) is 12.5. The van der Waals surface area contributed by atoms with Gasteiger partial charge in [0, 0.05) is 17.3 Å². The SMILES string of the molecule is Cc1ccccc1C(=O)NC(C(=O)Nc1ccc2c(c1)OCO2)C(C)C. The van der Waals surface area contributed by atoms with Crippen LogP contribution in [-0.2, 0) is 4.79 Å². The van der Waals surface area contributed by atoms with Crippen LogP contribution in [0.15, 0.2) is 42.5 Å². The molecule has 1 aliphatic heterocycles. The van der Waals surface area contributed by atoms with Crippen LogP contribution in [0.1, 0.15) is 29.8 Å². The smallest absolute Gasteiger partial charge is 0.252 e. The van der Waals surface area contributed by atoms with Crippen molar-refractivity contribution in [1.29, 1.82) is 0 Å². The number of aryl methyl sites for hydroxylation is 1. The zero-order chi connectivity index (χ0) is 18.7. The second-order valence-electron chi connectivity index (χ2n) is 6.57. The van der Waals surface area contributed by atoms with E-state index in [1.54, 1.807) is 30.3 Å². The molecule has 136 valence electrons. The number of carbonyl (C=O) groups is 2. The van der Waals surface area contributed by atoms with Crippen LogP contribution in [0.5, 0.6) is 11.5 Å². The Morgan fingerprint density at radius 3 is 2.50 bits per heavy atom. The maximum atomic E-state index is 12.7. The van der Waals surface area contributed by atoms with E-state index in [9.17, 15) is 9.59 Å². The monoisotopic (exact) mass is 354 g/mol. The van der Waals surface area contributed by atoms with Crippen LogP contribution in [0.25, 0.3) is 0 Å². The maximum Gasteiger partial charge on any atom is 0.252 e. The molecule has 1 atom stereocenters. The van der Waals surface area contributed by atoms with Gasteiger partial charge in [0.15, 0.2) is 11.5 Å². The average molecular weight is 354 g/mol. The topological polar surface area (TPSA) is 76.7 Å². The third-order valence-corrected chi connectivity index (χ3v) is 4.27. The second kappa shape index (κ2) is 7.47. The fourth-order valence-electron chi connectivity index (χ4n) is 2.78. The van der Waals surface area contributed by atoms with Crippen LogP contribution in [0.2, 0.25) is 0 Å². The van der Waals surface area contributed by atoms with Crippen LogP contribution >= 0.6 is 0 Å². The van der Waals surface area contributed by atoms with E-state index < -0.39 is 6.04 Å². The first-order valence-electron chi connectivity index (χ1n) is 8.52. The van der Waals surface area contributed by atoms with Gasteiger partial charge in [0.05, 0.1) is 0 Å². The van der Waals surface area contributed by atoms with Gasteiger partial charge in [0.25, 0.3) is 5.91 Å². The Balaban J connectivity index is 1.72. The molecule has 1 heterocycles. The van der Waals surface area contributed by atoms with Crippen LogP contribution in [0.3, 0.4) is 0 Å². The number of ether oxygens (including phenoxy) is 2. The van der Waals surface area contributed by atoms with E-state index in [-0.39, 0.29) is 24.5 Å². The van der Waals surface area contributed by atoms with Crippen LogP contribution in [-0.4, -0.2) is 24.6 Å². The number of rotatable bonds is 5. The lowest BCUT2D eigenvalue weighted by Crippen LogP contribution is -2.47. The van der Waals surface area contributed by atoms with E-state index in [4.69, 9.17) is 9.47 Å². The average Bonchev–Trinajstić information content (AvgIpc) is 3.07. The molecular weight excluding hydrogens is 332 g/mol. The van der Waals surface area contributed by atoms with Crippen molar-refractivity contribution in [2.45, 2.75) is 26.8 Å². The van der Waals surface area contributed by atoms with E-state index in [0.29, 0.717) is 22.7 Å². The molecule has 2 aromatic rings. The molecule has 2 N–H and O–H groups in total. The van der Waals surface area contributed by atoms with Crippen LogP contribution < -0.4 is 20.1 Å². The van der Waals surface area contributed by atoms with Crippen molar-refractivity contribution in [1.82, 2.24) is 5.32 Å². The molecular formula is C20H22N2O4. The molecule has 2 aromatic carbocycles.